The number of para-hydroxylation sites is 1. The summed E-state index contributed by atoms with van der Waals surface area (Å²) in [6.45, 7) is 6.67. The molecule has 1 N–H and O–H groups in total. The molecule has 3 aromatic rings. The third-order valence-corrected chi connectivity index (χ3v) is 4.28. The Bertz CT molecular complexity index is 889. The average Bonchev–Trinajstić information content (AvgIpc) is 2.67. The van der Waals surface area contributed by atoms with Crippen molar-refractivity contribution in [3.8, 4) is 0 Å². The van der Waals surface area contributed by atoms with Gasteiger partial charge in [-0.05, 0) is 62.2 Å². The Morgan fingerprint density at radius 1 is 1.04 bits per heavy atom. The summed E-state index contributed by atoms with van der Waals surface area (Å²) in [7, 11) is 0. The molecule has 0 bridgehead atoms. The molecule has 0 aliphatic carbocycles. The maximum Gasteiger partial charge on any atom is 0.276 e. The predicted octanol–water partition coefficient (Wildman–Crippen LogP) is 5.11. The smallest absolute Gasteiger partial charge is 0.276 e. The fourth-order valence-corrected chi connectivity index (χ4v) is 2.81. The van der Waals surface area contributed by atoms with Crippen molar-refractivity contribution in [1.82, 2.24) is 4.98 Å². The van der Waals surface area contributed by atoms with Crippen molar-refractivity contribution in [2.75, 3.05) is 16.8 Å². The van der Waals surface area contributed by atoms with Crippen molar-refractivity contribution in [3.05, 3.63) is 83.7 Å². The lowest BCUT2D eigenvalue weighted by Crippen LogP contribution is -2.31. The van der Waals surface area contributed by atoms with Gasteiger partial charge in [-0.25, -0.2) is 4.98 Å². The lowest BCUT2D eigenvalue weighted by Gasteiger charge is -2.20. The van der Waals surface area contributed by atoms with Crippen LogP contribution in [-0.2, 0) is 0 Å². The van der Waals surface area contributed by atoms with Crippen LogP contribution in [0.25, 0.3) is 0 Å². The highest BCUT2D eigenvalue weighted by Gasteiger charge is 2.17. The maximum absolute atomic E-state index is 12.8. The molecule has 0 unspecified atom stereocenters. The number of aryl methyl sites for hydroxylation is 2. The normalized spacial score (nSPS) is 10.4. The van der Waals surface area contributed by atoms with Gasteiger partial charge in [0.25, 0.3) is 5.91 Å². The van der Waals surface area contributed by atoms with Crippen LogP contribution >= 0.6 is 0 Å². The molecule has 26 heavy (non-hydrogen) atoms. The van der Waals surface area contributed by atoms with Crippen LogP contribution in [0, 0.1) is 13.8 Å². The van der Waals surface area contributed by atoms with Crippen LogP contribution in [0.1, 0.15) is 28.5 Å². The molecule has 0 spiro atoms. The molecule has 2 aromatic carbocycles. The van der Waals surface area contributed by atoms with Gasteiger partial charge in [0.05, 0.1) is 11.9 Å². The number of amides is 1. The van der Waals surface area contributed by atoms with Gasteiger partial charge < -0.3 is 10.2 Å². The van der Waals surface area contributed by atoms with E-state index < -0.39 is 0 Å². The number of pyridine rings is 1. The maximum atomic E-state index is 12.8. The second-order valence-corrected chi connectivity index (χ2v) is 6.26. The summed E-state index contributed by atoms with van der Waals surface area (Å²) in [6, 6.07) is 19.6. The number of rotatable bonds is 5. The Kier molecular flexibility index (Phi) is 5.32. The minimum absolute atomic E-state index is 0.100. The van der Waals surface area contributed by atoms with Crippen LogP contribution in [0.15, 0.2) is 66.9 Å². The average molecular weight is 345 g/mol. The molecule has 0 fully saturated rings. The number of hydrogen-bond acceptors (Lipinski definition) is 3. The number of anilines is 3. The molecule has 1 heterocycles. The highest BCUT2D eigenvalue weighted by atomic mass is 16.2. The summed E-state index contributed by atoms with van der Waals surface area (Å²) in [6.07, 6.45) is 1.70. The van der Waals surface area contributed by atoms with E-state index in [1.165, 1.54) is 5.56 Å². The van der Waals surface area contributed by atoms with Gasteiger partial charge in [0.15, 0.2) is 0 Å². The van der Waals surface area contributed by atoms with Crippen LogP contribution in [-0.4, -0.2) is 17.4 Å². The summed E-state index contributed by atoms with van der Waals surface area (Å²) < 4.78 is 0. The topological polar surface area (TPSA) is 45.2 Å². The van der Waals surface area contributed by atoms with Crippen molar-refractivity contribution >= 4 is 23.0 Å². The second kappa shape index (κ2) is 7.83. The Morgan fingerprint density at radius 3 is 2.46 bits per heavy atom. The molecule has 132 valence electrons. The predicted molar refractivity (Wildman–Crippen MR) is 107 cm³/mol. The molecule has 4 heteroatoms. The van der Waals surface area contributed by atoms with E-state index in [-0.39, 0.29) is 5.91 Å². The van der Waals surface area contributed by atoms with E-state index in [2.05, 4.69) is 42.3 Å². The van der Waals surface area contributed by atoms with Gasteiger partial charge in [0.1, 0.15) is 5.69 Å². The van der Waals surface area contributed by atoms with Crippen molar-refractivity contribution in [3.63, 3.8) is 0 Å². The zero-order chi connectivity index (χ0) is 18.5. The summed E-state index contributed by atoms with van der Waals surface area (Å²) in [5.41, 5.74) is 5.57. The van der Waals surface area contributed by atoms with E-state index in [4.69, 9.17) is 0 Å². The number of aromatic nitrogens is 1. The van der Waals surface area contributed by atoms with Crippen molar-refractivity contribution in [2.24, 2.45) is 0 Å². The molecule has 4 nitrogen and oxygen atoms in total. The zero-order valence-electron chi connectivity index (χ0n) is 15.4. The van der Waals surface area contributed by atoms with E-state index in [9.17, 15) is 4.79 Å². The number of benzene rings is 2. The first kappa shape index (κ1) is 17.7. The molecule has 0 radical (unpaired) electrons. The molecule has 0 aliphatic rings. The van der Waals surface area contributed by atoms with Crippen LogP contribution in [0.2, 0.25) is 0 Å². The fourth-order valence-electron chi connectivity index (χ4n) is 2.81. The standard InChI is InChI=1S/C22H23N3O/c1-4-25(19-8-6-5-7-9-19)22(26)20-13-12-18(15-23-20)24-21-14-16(2)10-11-17(21)3/h5-15,24H,4H2,1-3H3. The molecular weight excluding hydrogens is 322 g/mol. The second-order valence-electron chi connectivity index (χ2n) is 6.26. The molecule has 1 amide bonds. The fraction of sp³-hybridized carbons (Fsp3) is 0.182. The van der Waals surface area contributed by atoms with Gasteiger partial charge in [-0.3, -0.25) is 4.79 Å². The van der Waals surface area contributed by atoms with Crippen molar-refractivity contribution < 1.29 is 4.79 Å². The van der Waals surface area contributed by atoms with Gasteiger partial charge in [-0.2, -0.15) is 0 Å². The largest absolute Gasteiger partial charge is 0.354 e. The third kappa shape index (κ3) is 3.91. The van der Waals surface area contributed by atoms with E-state index in [0.29, 0.717) is 12.2 Å². The van der Waals surface area contributed by atoms with E-state index in [1.807, 2.05) is 43.3 Å². The first-order valence-electron chi connectivity index (χ1n) is 8.75. The Labute approximate surface area is 154 Å². The minimum atomic E-state index is -0.100. The van der Waals surface area contributed by atoms with Crippen molar-refractivity contribution in [1.29, 1.82) is 0 Å². The summed E-state index contributed by atoms with van der Waals surface area (Å²) >= 11 is 0. The minimum Gasteiger partial charge on any atom is -0.354 e. The molecule has 0 saturated carbocycles. The Hall–Kier alpha value is -3.14. The molecule has 0 aliphatic heterocycles. The number of nitrogens with one attached hydrogen (secondary N) is 1. The van der Waals surface area contributed by atoms with Gasteiger partial charge in [0.2, 0.25) is 0 Å². The summed E-state index contributed by atoms with van der Waals surface area (Å²) in [5, 5.41) is 3.37. The van der Waals surface area contributed by atoms with Crippen LogP contribution < -0.4 is 10.2 Å². The summed E-state index contributed by atoms with van der Waals surface area (Å²) in [4.78, 5) is 18.9. The first-order valence-corrected chi connectivity index (χ1v) is 8.75. The monoisotopic (exact) mass is 345 g/mol. The van der Waals surface area contributed by atoms with Gasteiger partial charge >= 0.3 is 0 Å². The summed E-state index contributed by atoms with van der Waals surface area (Å²) in [5.74, 6) is -0.100. The van der Waals surface area contributed by atoms with E-state index in [1.54, 1.807) is 17.2 Å². The lowest BCUT2D eigenvalue weighted by atomic mass is 10.1. The molecule has 0 saturated heterocycles. The Balaban J connectivity index is 1.78. The zero-order valence-corrected chi connectivity index (χ0v) is 15.4. The number of carbonyl (C=O) groups excluding carboxylic acids is 1. The quantitative estimate of drug-likeness (QED) is 0.699. The molecule has 3 rings (SSSR count). The number of hydrogen-bond donors (Lipinski definition) is 1. The highest BCUT2D eigenvalue weighted by Crippen LogP contribution is 2.22. The molecule has 1 aromatic heterocycles. The number of nitrogens with zero attached hydrogens (tertiary/aromatic N) is 2. The lowest BCUT2D eigenvalue weighted by molar-refractivity contribution is 0.0983. The van der Waals surface area contributed by atoms with Gasteiger partial charge in [0, 0.05) is 17.9 Å². The van der Waals surface area contributed by atoms with E-state index in [0.717, 1.165) is 22.6 Å². The van der Waals surface area contributed by atoms with Crippen LogP contribution in [0.5, 0.6) is 0 Å². The number of carbonyl (C=O) groups is 1. The molecule has 0 atom stereocenters. The highest BCUT2D eigenvalue weighted by molar-refractivity contribution is 6.04. The van der Waals surface area contributed by atoms with E-state index >= 15 is 0 Å². The van der Waals surface area contributed by atoms with Gasteiger partial charge in [-0.1, -0.05) is 30.3 Å². The van der Waals surface area contributed by atoms with Crippen LogP contribution in [0.3, 0.4) is 0 Å². The molecular formula is C22H23N3O. The SMILES string of the molecule is CCN(C(=O)c1ccc(Nc2cc(C)ccc2C)cn1)c1ccccc1. The Morgan fingerprint density at radius 2 is 1.81 bits per heavy atom. The third-order valence-electron chi connectivity index (χ3n) is 4.28. The van der Waals surface area contributed by atoms with Gasteiger partial charge in [-0.15, -0.1) is 0 Å². The van der Waals surface area contributed by atoms with Crippen molar-refractivity contribution in [2.45, 2.75) is 20.8 Å². The van der Waals surface area contributed by atoms with Crippen LogP contribution in [0.4, 0.5) is 17.1 Å². The first-order chi connectivity index (χ1) is 12.6.